The Balaban J connectivity index is 2.08. The van der Waals surface area contributed by atoms with Crippen LogP contribution in [0.2, 0.25) is 0 Å². The number of benzene rings is 2. The first-order chi connectivity index (χ1) is 11.8. The van der Waals surface area contributed by atoms with E-state index in [1.165, 1.54) is 18.2 Å². The van der Waals surface area contributed by atoms with E-state index in [4.69, 9.17) is 9.68 Å². The summed E-state index contributed by atoms with van der Waals surface area (Å²) < 4.78 is 44.3. The van der Waals surface area contributed by atoms with Crippen LogP contribution in [0.1, 0.15) is 16.7 Å². The van der Waals surface area contributed by atoms with Crippen LogP contribution >= 0.6 is 11.8 Å². The van der Waals surface area contributed by atoms with Crippen LogP contribution < -0.4 is 5.63 Å². The number of nitrogens with zero attached hydrogens (tertiary/aromatic N) is 1. The minimum absolute atomic E-state index is 0.187. The summed E-state index contributed by atoms with van der Waals surface area (Å²) in [5.74, 6) is 0. The Bertz CT molecular complexity index is 1060. The van der Waals surface area contributed by atoms with Crippen LogP contribution in [0.25, 0.3) is 11.0 Å². The predicted octanol–water partition coefficient (Wildman–Crippen LogP) is 5.14. The van der Waals surface area contributed by atoms with Gasteiger partial charge in [-0.05, 0) is 42.8 Å². The molecule has 0 unspecified atom stereocenters. The Morgan fingerprint density at radius 1 is 1.16 bits per heavy atom. The molecule has 1 heterocycles. The first-order valence-corrected chi connectivity index (χ1v) is 7.94. The van der Waals surface area contributed by atoms with Crippen LogP contribution in [0.15, 0.2) is 61.5 Å². The molecule has 0 spiro atoms. The predicted molar refractivity (Wildman–Crippen MR) is 87.5 cm³/mol. The number of hydrogen-bond donors (Lipinski definition) is 0. The lowest BCUT2D eigenvalue weighted by Gasteiger charge is -2.12. The summed E-state index contributed by atoms with van der Waals surface area (Å²) in [7, 11) is 0. The molecule has 3 nitrogen and oxygen atoms in total. The molecule has 0 bridgehead atoms. The maximum atomic E-state index is 13.0. The molecule has 3 aromatic rings. The zero-order valence-electron chi connectivity index (χ0n) is 12.8. The average molecular weight is 361 g/mol. The molecule has 0 aliphatic heterocycles. The van der Waals surface area contributed by atoms with Gasteiger partial charge in [0, 0.05) is 21.2 Å². The zero-order valence-corrected chi connectivity index (χ0v) is 13.7. The summed E-state index contributed by atoms with van der Waals surface area (Å²) in [6.45, 7) is 1.77. The number of halogens is 3. The van der Waals surface area contributed by atoms with Crippen molar-refractivity contribution in [1.29, 1.82) is 5.26 Å². The van der Waals surface area contributed by atoms with Gasteiger partial charge in [-0.25, -0.2) is 4.79 Å². The van der Waals surface area contributed by atoms with E-state index in [-0.39, 0.29) is 4.90 Å². The van der Waals surface area contributed by atoms with Crippen LogP contribution in [-0.2, 0) is 6.18 Å². The molecule has 0 atom stereocenters. The normalized spacial score (nSPS) is 11.5. The van der Waals surface area contributed by atoms with Gasteiger partial charge in [0.15, 0.2) is 0 Å². The lowest BCUT2D eigenvalue weighted by atomic mass is 10.1. The van der Waals surface area contributed by atoms with Gasteiger partial charge in [0.2, 0.25) is 0 Å². The van der Waals surface area contributed by atoms with Crippen molar-refractivity contribution in [1.82, 2.24) is 0 Å². The highest BCUT2D eigenvalue weighted by atomic mass is 32.2. The standard InChI is InChI=1S/C18H10F3NO2S/c1-10-7-17(23)24-15-8-11(5-6-12(10)15)25-16-4-2-3-14(13(16)9-22)18(19,20)21/h2-8H,1H3. The smallest absolute Gasteiger partial charge is 0.417 e. The lowest BCUT2D eigenvalue weighted by Crippen LogP contribution is -2.08. The third-order valence-electron chi connectivity index (χ3n) is 3.59. The highest BCUT2D eigenvalue weighted by Gasteiger charge is 2.34. The van der Waals surface area contributed by atoms with Gasteiger partial charge in [-0.1, -0.05) is 17.8 Å². The molecule has 0 saturated heterocycles. The second-order valence-electron chi connectivity index (χ2n) is 5.30. The average Bonchev–Trinajstić information content (AvgIpc) is 2.53. The molecule has 3 rings (SSSR count). The number of alkyl halides is 3. The van der Waals surface area contributed by atoms with Crippen molar-refractivity contribution < 1.29 is 17.6 Å². The van der Waals surface area contributed by atoms with E-state index in [1.54, 1.807) is 31.2 Å². The molecule has 25 heavy (non-hydrogen) atoms. The topological polar surface area (TPSA) is 54.0 Å². The minimum Gasteiger partial charge on any atom is -0.423 e. The maximum Gasteiger partial charge on any atom is 0.417 e. The molecule has 0 radical (unpaired) electrons. The van der Waals surface area contributed by atoms with Gasteiger partial charge >= 0.3 is 11.8 Å². The third kappa shape index (κ3) is 3.39. The van der Waals surface area contributed by atoms with E-state index < -0.39 is 22.9 Å². The van der Waals surface area contributed by atoms with Crippen LogP contribution in [0.4, 0.5) is 13.2 Å². The van der Waals surface area contributed by atoms with E-state index in [1.807, 2.05) is 0 Å². The van der Waals surface area contributed by atoms with Crippen molar-refractivity contribution >= 4 is 22.7 Å². The summed E-state index contributed by atoms with van der Waals surface area (Å²) in [6.07, 6.45) is -4.60. The van der Waals surface area contributed by atoms with E-state index in [9.17, 15) is 18.0 Å². The zero-order chi connectivity index (χ0) is 18.2. The molecular formula is C18H10F3NO2S. The Kier molecular flexibility index (Phi) is 4.31. The molecule has 2 aromatic carbocycles. The van der Waals surface area contributed by atoms with Gasteiger partial charge in [-0.2, -0.15) is 18.4 Å². The van der Waals surface area contributed by atoms with Crippen LogP contribution in [-0.4, -0.2) is 0 Å². The minimum atomic E-state index is -4.60. The highest BCUT2D eigenvalue weighted by Crippen LogP contribution is 2.38. The van der Waals surface area contributed by atoms with Gasteiger partial charge in [0.05, 0.1) is 11.1 Å². The Morgan fingerprint density at radius 3 is 2.60 bits per heavy atom. The number of fused-ring (bicyclic) bond motifs is 1. The maximum absolute atomic E-state index is 13.0. The largest absolute Gasteiger partial charge is 0.423 e. The molecule has 1 aromatic heterocycles. The highest BCUT2D eigenvalue weighted by molar-refractivity contribution is 7.99. The van der Waals surface area contributed by atoms with Crippen LogP contribution in [0, 0.1) is 18.3 Å². The van der Waals surface area contributed by atoms with Crippen molar-refractivity contribution in [3.63, 3.8) is 0 Å². The number of hydrogen-bond acceptors (Lipinski definition) is 4. The van der Waals surface area contributed by atoms with Gasteiger partial charge in [0.25, 0.3) is 0 Å². The number of rotatable bonds is 2. The molecule has 0 aliphatic rings. The molecule has 126 valence electrons. The van der Waals surface area contributed by atoms with Gasteiger partial charge < -0.3 is 4.42 Å². The van der Waals surface area contributed by atoms with Crippen LogP contribution in [0.3, 0.4) is 0 Å². The molecule has 0 N–H and O–H groups in total. The Morgan fingerprint density at radius 2 is 1.92 bits per heavy atom. The number of nitriles is 1. The fraction of sp³-hybridized carbons (Fsp3) is 0.111. The van der Waals surface area contributed by atoms with Crippen molar-refractivity contribution in [3.05, 3.63) is 69.6 Å². The van der Waals surface area contributed by atoms with Gasteiger partial charge in [-0.15, -0.1) is 0 Å². The Labute approximate surface area is 144 Å². The van der Waals surface area contributed by atoms with E-state index in [0.29, 0.717) is 10.5 Å². The summed E-state index contributed by atoms with van der Waals surface area (Å²) in [5.41, 5.74) is -0.794. The quantitative estimate of drug-likeness (QED) is 0.593. The molecule has 0 amide bonds. The molecule has 0 saturated carbocycles. The summed E-state index contributed by atoms with van der Waals surface area (Å²) in [6, 6.07) is 11.6. The van der Waals surface area contributed by atoms with Gasteiger partial charge in [-0.3, -0.25) is 0 Å². The van der Waals surface area contributed by atoms with Crippen molar-refractivity contribution in [2.45, 2.75) is 22.9 Å². The first-order valence-electron chi connectivity index (χ1n) is 7.12. The molecule has 0 aliphatic carbocycles. The van der Waals surface area contributed by atoms with Crippen molar-refractivity contribution in [2.75, 3.05) is 0 Å². The van der Waals surface area contributed by atoms with Gasteiger partial charge in [0.1, 0.15) is 11.7 Å². The lowest BCUT2D eigenvalue weighted by molar-refractivity contribution is -0.137. The third-order valence-corrected chi connectivity index (χ3v) is 4.64. The fourth-order valence-corrected chi connectivity index (χ4v) is 3.42. The summed E-state index contributed by atoms with van der Waals surface area (Å²) in [5, 5.41) is 9.91. The Hall–Kier alpha value is -2.72. The fourth-order valence-electron chi connectivity index (χ4n) is 2.46. The molecular weight excluding hydrogens is 351 g/mol. The van der Waals surface area contributed by atoms with Crippen LogP contribution in [0.5, 0.6) is 0 Å². The second-order valence-corrected chi connectivity index (χ2v) is 6.41. The molecule has 7 heteroatoms. The van der Waals surface area contributed by atoms with Crippen molar-refractivity contribution in [3.8, 4) is 6.07 Å². The van der Waals surface area contributed by atoms with E-state index >= 15 is 0 Å². The first kappa shape index (κ1) is 17.1. The van der Waals surface area contributed by atoms with E-state index in [0.717, 1.165) is 28.8 Å². The van der Waals surface area contributed by atoms with E-state index in [2.05, 4.69) is 0 Å². The molecule has 0 fully saturated rings. The summed E-state index contributed by atoms with van der Waals surface area (Å²) in [4.78, 5) is 12.2. The monoisotopic (exact) mass is 361 g/mol. The second kappa shape index (κ2) is 6.30. The SMILES string of the molecule is Cc1cc(=O)oc2cc(Sc3cccc(C(F)(F)F)c3C#N)ccc12. The number of aryl methyl sites for hydroxylation is 1. The summed E-state index contributed by atoms with van der Waals surface area (Å²) >= 11 is 1.01. The van der Waals surface area contributed by atoms with Crippen molar-refractivity contribution in [2.24, 2.45) is 0 Å².